The van der Waals surface area contributed by atoms with Crippen LogP contribution >= 0.6 is 23.1 Å². The molecule has 0 unspecified atom stereocenters. The van der Waals surface area contributed by atoms with E-state index in [1.807, 2.05) is 6.92 Å². The van der Waals surface area contributed by atoms with Crippen molar-refractivity contribution >= 4 is 61.5 Å². The molecular weight excluding hydrogens is 476 g/mol. The number of benzene rings is 1. The lowest BCUT2D eigenvalue weighted by Gasteiger charge is -2.14. The molecular formula is C20H17F2N5O4S2. The number of nitrogens with zero attached hydrogens (tertiary/aromatic N) is 3. The molecule has 2 N–H and O–H groups in total. The Balaban J connectivity index is 1.80. The van der Waals surface area contributed by atoms with Gasteiger partial charge in [-0.1, -0.05) is 18.3 Å². The summed E-state index contributed by atoms with van der Waals surface area (Å²) in [6, 6.07) is 3.36. The zero-order valence-corrected chi connectivity index (χ0v) is 19.0. The number of amides is 1. The number of fused-ring (bicyclic) bond motifs is 2. The SMILES string of the molecule is CCOC(=O)CSc1c(F)c(CC)c(-c2ccc3nc(NC(=O)OF)sc3n2)c2cn[nH]c12. The van der Waals surface area contributed by atoms with Crippen LogP contribution in [0.15, 0.2) is 23.2 Å². The fourth-order valence-corrected chi connectivity index (χ4v) is 5.10. The van der Waals surface area contributed by atoms with Gasteiger partial charge in [0.25, 0.3) is 0 Å². The number of H-pyrrole nitrogens is 1. The monoisotopic (exact) mass is 493 g/mol. The smallest absolute Gasteiger partial charge is 0.450 e. The van der Waals surface area contributed by atoms with Gasteiger partial charge in [0.1, 0.15) is 16.2 Å². The van der Waals surface area contributed by atoms with Crippen molar-refractivity contribution in [3.05, 3.63) is 29.7 Å². The van der Waals surface area contributed by atoms with Gasteiger partial charge in [-0.15, -0.1) is 11.8 Å². The minimum atomic E-state index is -1.29. The van der Waals surface area contributed by atoms with E-state index in [0.717, 1.165) is 23.1 Å². The second-order valence-electron chi connectivity index (χ2n) is 6.63. The van der Waals surface area contributed by atoms with Crippen LogP contribution in [-0.4, -0.2) is 44.6 Å². The summed E-state index contributed by atoms with van der Waals surface area (Å²) in [5, 5.41) is 9.81. The van der Waals surface area contributed by atoms with Gasteiger partial charge in [-0.3, -0.25) is 15.2 Å². The minimum Gasteiger partial charge on any atom is -0.465 e. The number of aromatic amines is 1. The number of carbonyl (C=O) groups is 2. The third kappa shape index (κ3) is 4.46. The van der Waals surface area contributed by atoms with E-state index in [-0.39, 0.29) is 22.4 Å². The van der Waals surface area contributed by atoms with Gasteiger partial charge in [0, 0.05) is 15.5 Å². The van der Waals surface area contributed by atoms with Gasteiger partial charge in [0.15, 0.2) is 5.13 Å². The van der Waals surface area contributed by atoms with Crippen molar-refractivity contribution in [2.75, 3.05) is 17.7 Å². The molecule has 3 heterocycles. The second kappa shape index (κ2) is 9.67. The summed E-state index contributed by atoms with van der Waals surface area (Å²) in [6.07, 6.45) is 0.661. The molecule has 13 heteroatoms. The van der Waals surface area contributed by atoms with Crippen molar-refractivity contribution in [1.82, 2.24) is 20.2 Å². The molecule has 3 aromatic heterocycles. The molecule has 0 saturated heterocycles. The average molecular weight is 494 g/mol. The molecule has 0 saturated carbocycles. The summed E-state index contributed by atoms with van der Waals surface area (Å²) in [5.74, 6) is -0.934. The molecule has 0 aliphatic carbocycles. The van der Waals surface area contributed by atoms with Gasteiger partial charge in [0.05, 0.1) is 34.7 Å². The molecule has 9 nitrogen and oxygen atoms in total. The molecule has 0 bridgehead atoms. The standard InChI is InChI=1S/C20H17F2N5O4S2/c1-3-9-14(11-5-6-12-18(24-11)33-19(25-12)26-20(29)31-22)10-7-23-27-16(10)17(15(9)21)32-8-13(28)30-4-2/h5-7H,3-4,8H2,1-2H3,(H,23,27)(H,25,26,29). The number of esters is 1. The Morgan fingerprint density at radius 3 is 2.82 bits per heavy atom. The highest BCUT2D eigenvalue weighted by Gasteiger charge is 2.23. The molecule has 0 fully saturated rings. The summed E-state index contributed by atoms with van der Waals surface area (Å²) in [5.41, 5.74) is 2.39. The van der Waals surface area contributed by atoms with Gasteiger partial charge < -0.3 is 4.74 Å². The van der Waals surface area contributed by atoms with Crippen molar-refractivity contribution in [3.8, 4) is 11.3 Å². The van der Waals surface area contributed by atoms with Crippen LogP contribution in [0.3, 0.4) is 0 Å². The molecule has 0 atom stereocenters. The maximum absolute atomic E-state index is 15.6. The molecule has 4 rings (SSSR count). The van der Waals surface area contributed by atoms with Crippen molar-refractivity contribution in [2.24, 2.45) is 0 Å². The van der Waals surface area contributed by atoms with Crippen LogP contribution < -0.4 is 5.32 Å². The van der Waals surface area contributed by atoms with E-state index in [2.05, 4.69) is 30.4 Å². The summed E-state index contributed by atoms with van der Waals surface area (Å²) < 4.78 is 32.6. The Labute approximate surface area is 193 Å². The highest BCUT2D eigenvalue weighted by molar-refractivity contribution is 8.00. The highest BCUT2D eigenvalue weighted by Crippen LogP contribution is 2.40. The van der Waals surface area contributed by atoms with Crippen molar-refractivity contribution < 1.29 is 28.2 Å². The number of carbonyl (C=O) groups excluding carboxylic acids is 2. The number of hydrogen-bond acceptors (Lipinski definition) is 9. The van der Waals surface area contributed by atoms with Crippen LogP contribution in [0, 0.1) is 5.82 Å². The van der Waals surface area contributed by atoms with Crippen LogP contribution in [0.25, 0.3) is 32.5 Å². The van der Waals surface area contributed by atoms with E-state index in [9.17, 15) is 14.1 Å². The number of thioether (sulfide) groups is 1. The van der Waals surface area contributed by atoms with Gasteiger partial charge in [0.2, 0.25) is 0 Å². The molecule has 4 aromatic rings. The molecule has 33 heavy (non-hydrogen) atoms. The number of rotatable bonds is 7. The number of aromatic nitrogens is 4. The highest BCUT2D eigenvalue weighted by atomic mass is 32.2. The van der Waals surface area contributed by atoms with E-state index in [4.69, 9.17) is 4.74 Å². The van der Waals surface area contributed by atoms with E-state index < -0.39 is 17.9 Å². The molecule has 172 valence electrons. The van der Waals surface area contributed by atoms with Crippen molar-refractivity contribution in [2.45, 2.75) is 25.2 Å². The van der Waals surface area contributed by atoms with Gasteiger partial charge >= 0.3 is 12.1 Å². The number of nitrogens with one attached hydrogen (secondary N) is 2. The average Bonchev–Trinajstić information content (AvgIpc) is 3.43. The Morgan fingerprint density at radius 2 is 2.09 bits per heavy atom. The van der Waals surface area contributed by atoms with Crippen molar-refractivity contribution in [1.29, 1.82) is 0 Å². The summed E-state index contributed by atoms with van der Waals surface area (Å²) in [6.45, 7) is 3.78. The Hall–Kier alpha value is -3.32. The Morgan fingerprint density at radius 1 is 1.27 bits per heavy atom. The molecule has 0 aliphatic rings. The normalized spacial score (nSPS) is 11.2. The molecule has 0 aliphatic heterocycles. The summed E-state index contributed by atoms with van der Waals surface area (Å²) in [4.78, 5) is 35.5. The number of ether oxygens (including phenoxy) is 1. The lowest BCUT2D eigenvalue weighted by Crippen LogP contribution is -2.08. The first-order valence-electron chi connectivity index (χ1n) is 9.80. The van der Waals surface area contributed by atoms with Crippen LogP contribution in [-0.2, 0) is 20.9 Å². The molecule has 1 amide bonds. The molecule has 1 aromatic carbocycles. The number of anilines is 1. The van der Waals surface area contributed by atoms with Crippen LogP contribution in [0.4, 0.5) is 18.8 Å². The van der Waals surface area contributed by atoms with E-state index in [0.29, 0.717) is 44.5 Å². The van der Waals surface area contributed by atoms with Gasteiger partial charge in [-0.05, 0) is 31.0 Å². The van der Waals surface area contributed by atoms with E-state index in [1.54, 1.807) is 25.3 Å². The fraction of sp³-hybridized carbons (Fsp3) is 0.250. The third-order valence-corrected chi connectivity index (χ3v) is 6.62. The number of pyridine rings is 1. The Bertz CT molecular complexity index is 1360. The number of hydrogen-bond donors (Lipinski definition) is 2. The quantitative estimate of drug-likeness (QED) is 0.272. The molecule has 0 radical (unpaired) electrons. The first kappa shape index (κ1) is 22.9. The van der Waals surface area contributed by atoms with Crippen LogP contribution in [0.5, 0.6) is 0 Å². The lowest BCUT2D eigenvalue weighted by molar-refractivity contribution is -0.139. The summed E-state index contributed by atoms with van der Waals surface area (Å²) >= 11 is 2.07. The maximum Gasteiger partial charge on any atom is 0.450 e. The first-order valence-corrected chi connectivity index (χ1v) is 11.6. The van der Waals surface area contributed by atoms with Crippen molar-refractivity contribution in [3.63, 3.8) is 0 Å². The lowest BCUT2D eigenvalue weighted by atomic mass is 9.97. The zero-order valence-electron chi connectivity index (χ0n) is 17.4. The maximum atomic E-state index is 15.6. The Kier molecular flexibility index (Phi) is 6.70. The van der Waals surface area contributed by atoms with E-state index in [1.165, 1.54) is 0 Å². The predicted octanol–water partition coefficient (Wildman–Crippen LogP) is 5.02. The fourth-order valence-electron chi connectivity index (χ4n) is 3.38. The summed E-state index contributed by atoms with van der Waals surface area (Å²) in [7, 11) is 0. The zero-order chi connectivity index (χ0) is 23.5. The predicted molar refractivity (Wildman–Crippen MR) is 120 cm³/mol. The second-order valence-corrected chi connectivity index (χ2v) is 8.60. The minimum absolute atomic E-state index is 0.0381. The first-order chi connectivity index (χ1) is 16.0. The number of halogens is 2. The van der Waals surface area contributed by atoms with Crippen LogP contribution in [0.1, 0.15) is 19.4 Å². The topological polar surface area (TPSA) is 119 Å². The van der Waals surface area contributed by atoms with Gasteiger partial charge in [-0.2, -0.15) is 5.10 Å². The molecule has 0 spiro atoms. The van der Waals surface area contributed by atoms with Gasteiger partial charge in [-0.25, -0.2) is 24.1 Å². The third-order valence-electron chi connectivity index (χ3n) is 4.69. The largest absolute Gasteiger partial charge is 0.465 e. The van der Waals surface area contributed by atoms with E-state index >= 15 is 4.39 Å². The van der Waals surface area contributed by atoms with Crippen LogP contribution in [0.2, 0.25) is 0 Å². The number of thiazole rings is 1.